The monoisotopic (exact) mass is 252 g/mol. The van der Waals surface area contributed by atoms with E-state index in [-0.39, 0.29) is 0 Å². The lowest BCUT2D eigenvalue weighted by Crippen LogP contribution is -1.87. The standard InChI is InChI=1S/C13H20O.2C2H6/c1-3-4-5-6-7-12-8-10-13(14-2)11-9-12;2*1-2/h8-11H,3-7H2,1-2H3;2*1-2H3. The van der Waals surface area contributed by atoms with Crippen molar-refractivity contribution in [1.29, 1.82) is 0 Å². The quantitative estimate of drug-likeness (QED) is 0.575. The third-order valence-electron chi connectivity index (χ3n) is 2.48. The van der Waals surface area contributed by atoms with E-state index in [4.69, 9.17) is 4.74 Å². The van der Waals surface area contributed by atoms with Gasteiger partial charge in [-0.25, -0.2) is 0 Å². The summed E-state index contributed by atoms with van der Waals surface area (Å²) >= 11 is 0. The number of ether oxygens (including phenoxy) is 1. The molecule has 1 aromatic carbocycles. The second-order valence-corrected chi connectivity index (χ2v) is 3.66. The molecule has 0 heterocycles. The highest BCUT2D eigenvalue weighted by Crippen LogP contribution is 2.13. The van der Waals surface area contributed by atoms with Gasteiger partial charge in [0.05, 0.1) is 7.11 Å². The maximum absolute atomic E-state index is 5.11. The Kier molecular flexibility index (Phi) is 17.2. The van der Waals surface area contributed by atoms with Crippen LogP contribution >= 0.6 is 0 Å². The SMILES string of the molecule is CC.CC.CCCCCCc1ccc(OC)cc1. The minimum Gasteiger partial charge on any atom is -0.497 e. The first-order chi connectivity index (χ1) is 8.86. The van der Waals surface area contributed by atoms with Crippen molar-refractivity contribution in [3.63, 3.8) is 0 Å². The molecular weight excluding hydrogens is 220 g/mol. The Hall–Kier alpha value is -0.980. The molecule has 0 spiro atoms. The highest BCUT2D eigenvalue weighted by molar-refractivity contribution is 5.27. The number of hydrogen-bond donors (Lipinski definition) is 0. The Bertz CT molecular complexity index is 238. The van der Waals surface area contributed by atoms with Crippen LogP contribution in [0.3, 0.4) is 0 Å². The molecule has 18 heavy (non-hydrogen) atoms. The van der Waals surface area contributed by atoms with Gasteiger partial charge in [0.25, 0.3) is 0 Å². The van der Waals surface area contributed by atoms with E-state index in [1.165, 1.54) is 37.7 Å². The van der Waals surface area contributed by atoms with Crippen LogP contribution in [0.1, 0.15) is 65.9 Å². The van der Waals surface area contributed by atoms with Crippen LogP contribution in [0.5, 0.6) is 5.75 Å². The summed E-state index contributed by atoms with van der Waals surface area (Å²) in [7, 11) is 1.70. The fourth-order valence-corrected chi connectivity index (χ4v) is 1.55. The summed E-state index contributed by atoms with van der Waals surface area (Å²) in [5, 5.41) is 0. The lowest BCUT2D eigenvalue weighted by Gasteiger charge is -2.03. The topological polar surface area (TPSA) is 9.23 Å². The van der Waals surface area contributed by atoms with Crippen LogP contribution in [0.25, 0.3) is 0 Å². The minimum atomic E-state index is 0.947. The fraction of sp³-hybridized carbons (Fsp3) is 0.647. The van der Waals surface area contributed by atoms with Crippen molar-refractivity contribution in [3.8, 4) is 5.75 Å². The molecule has 1 aromatic rings. The van der Waals surface area contributed by atoms with E-state index in [1.807, 2.05) is 39.8 Å². The number of unbranched alkanes of at least 4 members (excludes halogenated alkanes) is 3. The highest BCUT2D eigenvalue weighted by atomic mass is 16.5. The lowest BCUT2D eigenvalue weighted by atomic mass is 10.1. The van der Waals surface area contributed by atoms with Gasteiger partial charge in [-0.3, -0.25) is 0 Å². The molecule has 0 aliphatic rings. The van der Waals surface area contributed by atoms with Gasteiger partial charge in [-0.2, -0.15) is 0 Å². The Morgan fingerprint density at radius 3 is 1.83 bits per heavy atom. The molecule has 0 aromatic heterocycles. The van der Waals surface area contributed by atoms with E-state index in [2.05, 4.69) is 19.1 Å². The summed E-state index contributed by atoms with van der Waals surface area (Å²) in [5.74, 6) is 0.947. The molecule has 1 rings (SSSR count). The molecule has 0 fully saturated rings. The predicted molar refractivity (Wildman–Crippen MR) is 83.5 cm³/mol. The lowest BCUT2D eigenvalue weighted by molar-refractivity contribution is 0.414. The van der Waals surface area contributed by atoms with Crippen molar-refractivity contribution in [1.82, 2.24) is 0 Å². The Labute approximate surface area is 115 Å². The first-order valence-electron chi connectivity index (χ1n) is 7.49. The normalized spacial score (nSPS) is 8.56. The smallest absolute Gasteiger partial charge is 0.118 e. The molecule has 106 valence electrons. The second-order valence-electron chi connectivity index (χ2n) is 3.66. The van der Waals surface area contributed by atoms with E-state index < -0.39 is 0 Å². The predicted octanol–water partition coefficient (Wildman–Crippen LogP) is 5.87. The summed E-state index contributed by atoms with van der Waals surface area (Å²) in [6, 6.07) is 8.39. The Morgan fingerprint density at radius 2 is 1.39 bits per heavy atom. The number of hydrogen-bond acceptors (Lipinski definition) is 1. The Morgan fingerprint density at radius 1 is 0.833 bits per heavy atom. The van der Waals surface area contributed by atoms with Gasteiger partial charge in [-0.1, -0.05) is 66.0 Å². The molecular formula is C17H32O. The zero-order chi connectivity index (χ0) is 14.2. The van der Waals surface area contributed by atoms with Gasteiger partial charge < -0.3 is 4.74 Å². The maximum atomic E-state index is 5.11. The summed E-state index contributed by atoms with van der Waals surface area (Å²) in [6.07, 6.45) is 6.52. The van der Waals surface area contributed by atoms with Crippen molar-refractivity contribution < 1.29 is 4.74 Å². The van der Waals surface area contributed by atoms with Gasteiger partial charge in [-0.05, 0) is 30.5 Å². The molecule has 0 bridgehead atoms. The fourth-order valence-electron chi connectivity index (χ4n) is 1.55. The van der Waals surface area contributed by atoms with Crippen molar-refractivity contribution >= 4 is 0 Å². The van der Waals surface area contributed by atoms with Gasteiger partial charge in [0, 0.05) is 0 Å². The van der Waals surface area contributed by atoms with Gasteiger partial charge >= 0.3 is 0 Å². The third kappa shape index (κ3) is 10.2. The van der Waals surface area contributed by atoms with E-state index >= 15 is 0 Å². The molecule has 0 aliphatic carbocycles. The molecule has 0 atom stereocenters. The first kappa shape index (κ1) is 19.4. The van der Waals surface area contributed by atoms with Gasteiger partial charge in [0.1, 0.15) is 5.75 Å². The number of benzene rings is 1. The molecule has 0 saturated carbocycles. The maximum Gasteiger partial charge on any atom is 0.118 e. The molecule has 0 saturated heterocycles. The largest absolute Gasteiger partial charge is 0.497 e. The zero-order valence-electron chi connectivity index (χ0n) is 13.3. The third-order valence-corrected chi connectivity index (χ3v) is 2.48. The average Bonchev–Trinajstić information content (AvgIpc) is 2.48. The van der Waals surface area contributed by atoms with Crippen molar-refractivity contribution in [3.05, 3.63) is 29.8 Å². The van der Waals surface area contributed by atoms with E-state index in [1.54, 1.807) is 7.11 Å². The summed E-state index contributed by atoms with van der Waals surface area (Å²) < 4.78 is 5.11. The summed E-state index contributed by atoms with van der Waals surface area (Å²) in [4.78, 5) is 0. The molecule has 1 nitrogen and oxygen atoms in total. The molecule has 0 amide bonds. The van der Waals surface area contributed by atoms with Crippen LogP contribution in [-0.2, 0) is 6.42 Å². The van der Waals surface area contributed by atoms with Gasteiger partial charge in [0.15, 0.2) is 0 Å². The molecule has 0 unspecified atom stereocenters. The molecule has 0 N–H and O–H groups in total. The van der Waals surface area contributed by atoms with Crippen molar-refractivity contribution in [2.24, 2.45) is 0 Å². The molecule has 0 aliphatic heterocycles. The van der Waals surface area contributed by atoms with Crippen LogP contribution in [0, 0.1) is 0 Å². The van der Waals surface area contributed by atoms with Crippen molar-refractivity contribution in [2.75, 3.05) is 7.11 Å². The van der Waals surface area contributed by atoms with Gasteiger partial charge in [0.2, 0.25) is 0 Å². The molecule has 0 radical (unpaired) electrons. The summed E-state index contributed by atoms with van der Waals surface area (Å²) in [6.45, 7) is 10.2. The minimum absolute atomic E-state index is 0.947. The average molecular weight is 252 g/mol. The van der Waals surface area contributed by atoms with Crippen LogP contribution < -0.4 is 4.74 Å². The van der Waals surface area contributed by atoms with Gasteiger partial charge in [-0.15, -0.1) is 0 Å². The number of aryl methyl sites for hydroxylation is 1. The van der Waals surface area contributed by atoms with Crippen LogP contribution in [-0.4, -0.2) is 7.11 Å². The van der Waals surface area contributed by atoms with Crippen molar-refractivity contribution in [2.45, 2.75) is 66.7 Å². The summed E-state index contributed by atoms with van der Waals surface area (Å²) in [5.41, 5.74) is 1.42. The Balaban J connectivity index is 0. The van der Waals surface area contributed by atoms with E-state index in [0.717, 1.165) is 5.75 Å². The highest BCUT2D eigenvalue weighted by Gasteiger charge is 1.94. The number of methoxy groups -OCH3 is 1. The zero-order valence-corrected chi connectivity index (χ0v) is 13.3. The number of rotatable bonds is 6. The molecule has 1 heteroatoms. The van der Waals surface area contributed by atoms with Crippen LogP contribution in [0.15, 0.2) is 24.3 Å². The van der Waals surface area contributed by atoms with E-state index in [0.29, 0.717) is 0 Å². The second kappa shape index (κ2) is 16.0. The van der Waals surface area contributed by atoms with Crippen LogP contribution in [0.2, 0.25) is 0 Å². The van der Waals surface area contributed by atoms with E-state index in [9.17, 15) is 0 Å². The first-order valence-corrected chi connectivity index (χ1v) is 7.49. The van der Waals surface area contributed by atoms with Crippen LogP contribution in [0.4, 0.5) is 0 Å².